The zero-order valence-corrected chi connectivity index (χ0v) is 16.0. The van der Waals surface area contributed by atoms with E-state index in [1.807, 2.05) is 4.90 Å². The minimum absolute atomic E-state index is 0.197. The van der Waals surface area contributed by atoms with Gasteiger partial charge in [0.05, 0.1) is 0 Å². The van der Waals surface area contributed by atoms with Crippen LogP contribution < -0.4 is 4.90 Å². The molecule has 2 rings (SSSR count). The van der Waals surface area contributed by atoms with E-state index in [1.165, 1.54) is 51.0 Å². The summed E-state index contributed by atoms with van der Waals surface area (Å²) in [5.74, 6) is -0.0114. The molecule has 0 spiro atoms. The van der Waals surface area contributed by atoms with E-state index in [4.69, 9.17) is 0 Å². The van der Waals surface area contributed by atoms with Crippen molar-refractivity contribution in [1.82, 2.24) is 0 Å². The number of hydrogen-bond donors (Lipinski definition) is 0. The summed E-state index contributed by atoms with van der Waals surface area (Å²) in [4.78, 5) is 14.6. The van der Waals surface area contributed by atoms with Crippen molar-refractivity contribution in [3.63, 3.8) is 0 Å². The van der Waals surface area contributed by atoms with Crippen LogP contribution in [-0.2, 0) is 11.2 Å². The highest BCUT2D eigenvalue weighted by molar-refractivity contribution is 5.95. The monoisotopic (exact) mass is 347 g/mol. The number of halogens is 1. The third kappa shape index (κ3) is 6.13. The molecule has 0 bridgehead atoms. The van der Waals surface area contributed by atoms with Gasteiger partial charge in [-0.2, -0.15) is 0 Å². The van der Waals surface area contributed by atoms with Gasteiger partial charge in [-0.3, -0.25) is 4.79 Å². The Balaban J connectivity index is 1.72. The van der Waals surface area contributed by atoms with Crippen LogP contribution in [0.25, 0.3) is 0 Å². The average molecular weight is 348 g/mol. The van der Waals surface area contributed by atoms with Gasteiger partial charge in [-0.05, 0) is 49.9 Å². The number of aryl methyl sites for hydroxylation is 1. The molecule has 1 aliphatic rings. The minimum Gasteiger partial charge on any atom is -0.309 e. The van der Waals surface area contributed by atoms with Crippen LogP contribution in [0.5, 0.6) is 0 Å². The Morgan fingerprint density at radius 3 is 2.40 bits per heavy atom. The van der Waals surface area contributed by atoms with Crippen molar-refractivity contribution in [2.45, 2.75) is 96.9 Å². The molecule has 140 valence electrons. The van der Waals surface area contributed by atoms with Crippen LogP contribution in [0.1, 0.15) is 90.0 Å². The van der Waals surface area contributed by atoms with E-state index in [0.717, 1.165) is 36.9 Å². The molecule has 1 amide bonds. The topological polar surface area (TPSA) is 20.3 Å². The third-order valence-corrected chi connectivity index (χ3v) is 5.34. The molecule has 1 aromatic rings. The first-order valence-electron chi connectivity index (χ1n) is 10.2. The Hall–Kier alpha value is -1.38. The van der Waals surface area contributed by atoms with Gasteiger partial charge in [-0.1, -0.05) is 58.3 Å². The normalized spacial score (nSPS) is 16.8. The number of carbonyl (C=O) groups excluding carboxylic acids is 1. The Morgan fingerprint density at radius 1 is 1.08 bits per heavy atom. The van der Waals surface area contributed by atoms with Gasteiger partial charge in [0.1, 0.15) is 5.82 Å². The molecule has 0 N–H and O–H groups in total. The summed E-state index contributed by atoms with van der Waals surface area (Å²) in [6, 6.07) is 5.04. The summed E-state index contributed by atoms with van der Waals surface area (Å²) in [6.07, 6.45) is 13.7. The first-order valence-corrected chi connectivity index (χ1v) is 10.2. The van der Waals surface area contributed by atoms with E-state index in [-0.39, 0.29) is 17.8 Å². The molecule has 1 heterocycles. The van der Waals surface area contributed by atoms with Crippen molar-refractivity contribution in [3.05, 3.63) is 29.6 Å². The Bertz CT molecular complexity index is 543. The quantitative estimate of drug-likeness (QED) is 0.448. The van der Waals surface area contributed by atoms with E-state index in [9.17, 15) is 9.18 Å². The number of carbonyl (C=O) groups is 1. The Kier molecular flexibility index (Phi) is 8.43. The summed E-state index contributed by atoms with van der Waals surface area (Å²) < 4.78 is 13.4. The Labute approximate surface area is 152 Å². The largest absolute Gasteiger partial charge is 0.309 e. The van der Waals surface area contributed by atoms with Crippen LogP contribution in [0.15, 0.2) is 18.2 Å². The van der Waals surface area contributed by atoms with Gasteiger partial charge in [0.2, 0.25) is 5.91 Å². The van der Waals surface area contributed by atoms with Crippen molar-refractivity contribution < 1.29 is 9.18 Å². The van der Waals surface area contributed by atoms with E-state index < -0.39 is 0 Å². The van der Waals surface area contributed by atoms with Gasteiger partial charge < -0.3 is 4.90 Å². The second-order valence-electron chi connectivity index (χ2n) is 7.50. The van der Waals surface area contributed by atoms with Crippen LogP contribution in [0, 0.1) is 5.82 Å². The molecule has 1 unspecified atom stereocenters. The molecule has 0 saturated heterocycles. The first kappa shape index (κ1) is 19.9. The van der Waals surface area contributed by atoms with E-state index >= 15 is 0 Å². The van der Waals surface area contributed by atoms with E-state index in [0.29, 0.717) is 6.42 Å². The fourth-order valence-electron chi connectivity index (χ4n) is 3.81. The standard InChI is InChI=1S/C22H34FNO/c1-3-4-5-6-7-8-9-10-11-12-22(25)24-18(2)13-14-19-17-20(23)15-16-21(19)24/h15-18H,3-14H2,1-2H3. The maximum Gasteiger partial charge on any atom is 0.227 e. The number of benzene rings is 1. The lowest BCUT2D eigenvalue weighted by Gasteiger charge is -2.35. The van der Waals surface area contributed by atoms with Crippen LogP contribution in [0.2, 0.25) is 0 Å². The van der Waals surface area contributed by atoms with Crippen molar-refractivity contribution in [3.8, 4) is 0 Å². The van der Waals surface area contributed by atoms with Crippen molar-refractivity contribution in [2.24, 2.45) is 0 Å². The lowest BCUT2D eigenvalue weighted by Crippen LogP contribution is -2.42. The highest BCUT2D eigenvalue weighted by atomic mass is 19.1. The molecule has 0 aromatic heterocycles. The lowest BCUT2D eigenvalue weighted by molar-refractivity contribution is -0.119. The molecule has 1 atom stereocenters. The summed E-state index contributed by atoms with van der Waals surface area (Å²) in [5, 5.41) is 0. The number of hydrogen-bond acceptors (Lipinski definition) is 1. The summed E-state index contributed by atoms with van der Waals surface area (Å²) >= 11 is 0. The summed E-state index contributed by atoms with van der Waals surface area (Å²) in [5.41, 5.74) is 1.89. The zero-order valence-electron chi connectivity index (χ0n) is 16.0. The third-order valence-electron chi connectivity index (χ3n) is 5.34. The van der Waals surface area contributed by atoms with Crippen molar-refractivity contribution >= 4 is 11.6 Å². The van der Waals surface area contributed by atoms with E-state index in [2.05, 4.69) is 13.8 Å². The summed E-state index contributed by atoms with van der Waals surface area (Å²) in [7, 11) is 0. The van der Waals surface area contributed by atoms with Gasteiger partial charge in [-0.15, -0.1) is 0 Å². The molecule has 1 aromatic carbocycles. The number of unbranched alkanes of at least 4 members (excludes halogenated alkanes) is 8. The van der Waals surface area contributed by atoms with Gasteiger partial charge in [0.25, 0.3) is 0 Å². The van der Waals surface area contributed by atoms with E-state index in [1.54, 1.807) is 12.1 Å². The molecule has 3 heteroatoms. The molecule has 0 radical (unpaired) electrons. The maximum absolute atomic E-state index is 13.4. The average Bonchev–Trinajstić information content (AvgIpc) is 2.60. The number of anilines is 1. The smallest absolute Gasteiger partial charge is 0.227 e. The van der Waals surface area contributed by atoms with Crippen LogP contribution in [0.4, 0.5) is 10.1 Å². The molecule has 25 heavy (non-hydrogen) atoms. The number of rotatable bonds is 10. The van der Waals surface area contributed by atoms with Crippen molar-refractivity contribution in [1.29, 1.82) is 0 Å². The van der Waals surface area contributed by atoms with Crippen LogP contribution in [-0.4, -0.2) is 11.9 Å². The molecule has 1 aliphatic heterocycles. The van der Waals surface area contributed by atoms with Gasteiger partial charge in [0, 0.05) is 18.2 Å². The van der Waals surface area contributed by atoms with Gasteiger partial charge in [0.15, 0.2) is 0 Å². The summed E-state index contributed by atoms with van der Waals surface area (Å²) in [6.45, 7) is 4.34. The second-order valence-corrected chi connectivity index (χ2v) is 7.50. The van der Waals surface area contributed by atoms with Gasteiger partial charge in [-0.25, -0.2) is 4.39 Å². The molecule has 2 nitrogen and oxygen atoms in total. The molecule has 0 aliphatic carbocycles. The van der Waals surface area contributed by atoms with Gasteiger partial charge >= 0.3 is 0 Å². The molecular weight excluding hydrogens is 313 g/mol. The predicted molar refractivity (Wildman–Crippen MR) is 104 cm³/mol. The first-order chi connectivity index (χ1) is 12.1. The van der Waals surface area contributed by atoms with Crippen LogP contribution >= 0.6 is 0 Å². The molecule has 0 fully saturated rings. The number of fused-ring (bicyclic) bond motifs is 1. The Morgan fingerprint density at radius 2 is 1.72 bits per heavy atom. The highest BCUT2D eigenvalue weighted by Crippen LogP contribution is 2.32. The zero-order chi connectivity index (χ0) is 18.1. The molecule has 0 saturated carbocycles. The number of amides is 1. The lowest BCUT2D eigenvalue weighted by atomic mass is 9.95. The second kappa shape index (κ2) is 10.6. The number of nitrogens with zero attached hydrogens (tertiary/aromatic N) is 1. The predicted octanol–water partition coefficient (Wildman–Crippen LogP) is 6.41. The fraction of sp³-hybridized carbons (Fsp3) is 0.682. The molecular formula is C22H34FNO. The SMILES string of the molecule is CCCCCCCCCCCC(=O)N1c2ccc(F)cc2CCC1C. The maximum atomic E-state index is 13.4. The van der Waals surface area contributed by atoms with Crippen molar-refractivity contribution in [2.75, 3.05) is 4.90 Å². The van der Waals surface area contributed by atoms with Crippen LogP contribution in [0.3, 0.4) is 0 Å². The minimum atomic E-state index is -0.209. The fourth-order valence-corrected chi connectivity index (χ4v) is 3.81. The highest BCUT2D eigenvalue weighted by Gasteiger charge is 2.27.